The molecular formula is C18H24F2N2O3S. The van der Waals surface area contributed by atoms with E-state index in [0.29, 0.717) is 6.42 Å². The molecule has 1 aromatic carbocycles. The van der Waals surface area contributed by atoms with Gasteiger partial charge in [0.2, 0.25) is 5.91 Å². The zero-order valence-corrected chi connectivity index (χ0v) is 15.4. The topological polar surface area (TPSA) is 66.5 Å². The van der Waals surface area contributed by atoms with E-state index in [9.17, 15) is 22.0 Å². The third kappa shape index (κ3) is 4.72. The molecule has 1 N–H and O–H groups in total. The minimum atomic E-state index is -3.10. The van der Waals surface area contributed by atoms with Gasteiger partial charge in [-0.1, -0.05) is 19.3 Å². The molecule has 1 atom stereocenters. The van der Waals surface area contributed by atoms with Gasteiger partial charge in [0.15, 0.2) is 9.84 Å². The zero-order valence-electron chi connectivity index (χ0n) is 14.6. The van der Waals surface area contributed by atoms with Gasteiger partial charge in [-0.3, -0.25) is 4.79 Å². The highest BCUT2D eigenvalue weighted by atomic mass is 32.2. The van der Waals surface area contributed by atoms with Crippen molar-refractivity contribution in [1.82, 2.24) is 4.90 Å². The SMILES string of the molecule is O=C(CNc1cc(F)cc(F)c1)N(C1CCCCC1)C1CCS(=O)(=O)C1. The number of hydrogen-bond acceptors (Lipinski definition) is 4. The third-order valence-electron chi connectivity index (χ3n) is 5.16. The number of nitrogens with zero attached hydrogens (tertiary/aromatic N) is 1. The van der Waals surface area contributed by atoms with Crippen LogP contribution in [-0.2, 0) is 14.6 Å². The Bertz CT molecular complexity index is 743. The molecule has 144 valence electrons. The van der Waals surface area contributed by atoms with Crippen molar-refractivity contribution in [2.24, 2.45) is 0 Å². The molecule has 1 aromatic rings. The van der Waals surface area contributed by atoms with Crippen molar-refractivity contribution in [3.63, 3.8) is 0 Å². The van der Waals surface area contributed by atoms with Gasteiger partial charge in [0.25, 0.3) is 0 Å². The molecule has 0 bridgehead atoms. The summed E-state index contributed by atoms with van der Waals surface area (Å²) in [4.78, 5) is 14.6. The summed E-state index contributed by atoms with van der Waals surface area (Å²) >= 11 is 0. The van der Waals surface area contributed by atoms with Crippen LogP contribution in [0.25, 0.3) is 0 Å². The first-order valence-electron chi connectivity index (χ1n) is 9.05. The van der Waals surface area contributed by atoms with E-state index in [4.69, 9.17) is 0 Å². The van der Waals surface area contributed by atoms with E-state index in [2.05, 4.69) is 5.32 Å². The second kappa shape index (κ2) is 7.90. The molecule has 1 amide bonds. The highest BCUT2D eigenvalue weighted by Crippen LogP contribution is 2.28. The number of carbonyl (C=O) groups excluding carboxylic acids is 1. The van der Waals surface area contributed by atoms with Crippen molar-refractivity contribution in [3.05, 3.63) is 29.8 Å². The van der Waals surface area contributed by atoms with Crippen LogP contribution in [0.15, 0.2) is 18.2 Å². The molecule has 2 fully saturated rings. The van der Waals surface area contributed by atoms with Crippen LogP contribution in [0.1, 0.15) is 38.5 Å². The van der Waals surface area contributed by atoms with E-state index in [1.807, 2.05) is 0 Å². The lowest BCUT2D eigenvalue weighted by molar-refractivity contribution is -0.134. The predicted octanol–water partition coefficient (Wildman–Crippen LogP) is 2.73. The number of hydrogen-bond donors (Lipinski definition) is 1. The van der Waals surface area contributed by atoms with Crippen molar-refractivity contribution < 1.29 is 22.0 Å². The fourth-order valence-electron chi connectivity index (χ4n) is 3.98. The van der Waals surface area contributed by atoms with Crippen LogP contribution in [0.4, 0.5) is 14.5 Å². The summed E-state index contributed by atoms with van der Waals surface area (Å²) in [5.74, 6) is -1.54. The molecule has 0 aromatic heterocycles. The Morgan fingerprint density at radius 1 is 1.04 bits per heavy atom. The summed E-state index contributed by atoms with van der Waals surface area (Å²) in [7, 11) is -3.10. The van der Waals surface area contributed by atoms with E-state index in [-0.39, 0.29) is 41.7 Å². The van der Waals surface area contributed by atoms with Gasteiger partial charge in [-0.2, -0.15) is 0 Å². The Labute approximate surface area is 152 Å². The molecule has 26 heavy (non-hydrogen) atoms. The van der Waals surface area contributed by atoms with Gasteiger partial charge in [-0.05, 0) is 31.4 Å². The lowest BCUT2D eigenvalue weighted by atomic mass is 9.93. The van der Waals surface area contributed by atoms with Gasteiger partial charge in [0, 0.05) is 23.8 Å². The van der Waals surface area contributed by atoms with Crippen LogP contribution in [0.2, 0.25) is 0 Å². The monoisotopic (exact) mass is 386 g/mol. The molecule has 3 rings (SSSR count). The first-order valence-corrected chi connectivity index (χ1v) is 10.9. The third-order valence-corrected chi connectivity index (χ3v) is 6.91. The van der Waals surface area contributed by atoms with E-state index in [0.717, 1.165) is 50.3 Å². The lowest BCUT2D eigenvalue weighted by Crippen LogP contribution is -2.50. The van der Waals surface area contributed by atoms with Gasteiger partial charge in [-0.25, -0.2) is 17.2 Å². The highest BCUT2D eigenvalue weighted by molar-refractivity contribution is 7.91. The Morgan fingerprint density at radius 3 is 2.27 bits per heavy atom. The van der Waals surface area contributed by atoms with E-state index >= 15 is 0 Å². The molecule has 1 aliphatic carbocycles. The van der Waals surface area contributed by atoms with Crippen molar-refractivity contribution in [1.29, 1.82) is 0 Å². The smallest absolute Gasteiger partial charge is 0.242 e. The number of rotatable bonds is 5. The van der Waals surface area contributed by atoms with Crippen LogP contribution < -0.4 is 5.32 Å². The van der Waals surface area contributed by atoms with Crippen LogP contribution in [-0.4, -0.2) is 49.4 Å². The molecule has 0 radical (unpaired) electrons. The summed E-state index contributed by atoms with van der Waals surface area (Å²) in [6.07, 6.45) is 5.38. The van der Waals surface area contributed by atoms with Gasteiger partial charge in [0.05, 0.1) is 18.1 Å². The summed E-state index contributed by atoms with van der Waals surface area (Å²) in [5.41, 5.74) is 0.193. The molecule has 1 saturated carbocycles. The predicted molar refractivity (Wildman–Crippen MR) is 95.6 cm³/mol. The summed E-state index contributed by atoms with van der Waals surface area (Å²) < 4.78 is 50.3. The molecule has 1 unspecified atom stereocenters. The fourth-order valence-corrected chi connectivity index (χ4v) is 5.70. The number of halogens is 2. The normalized spacial score (nSPS) is 22.9. The van der Waals surface area contributed by atoms with Crippen LogP contribution in [0.5, 0.6) is 0 Å². The maximum Gasteiger partial charge on any atom is 0.242 e. The molecule has 2 aliphatic rings. The van der Waals surface area contributed by atoms with Gasteiger partial charge in [0.1, 0.15) is 11.6 Å². The van der Waals surface area contributed by atoms with Crippen LogP contribution >= 0.6 is 0 Å². The van der Waals surface area contributed by atoms with Gasteiger partial charge in [-0.15, -0.1) is 0 Å². The largest absolute Gasteiger partial charge is 0.376 e. The average Bonchev–Trinajstić information content (AvgIpc) is 2.93. The molecule has 8 heteroatoms. The maximum atomic E-state index is 13.3. The molecule has 5 nitrogen and oxygen atoms in total. The van der Waals surface area contributed by atoms with Crippen LogP contribution in [0.3, 0.4) is 0 Å². The minimum absolute atomic E-state index is 0.00380. The van der Waals surface area contributed by atoms with Crippen LogP contribution in [0, 0.1) is 11.6 Å². The van der Waals surface area contributed by atoms with E-state index in [1.54, 1.807) is 4.90 Å². The molecule has 1 heterocycles. The molecule has 1 saturated heterocycles. The van der Waals surface area contributed by atoms with Crippen molar-refractivity contribution in [3.8, 4) is 0 Å². The Morgan fingerprint density at radius 2 is 1.69 bits per heavy atom. The van der Waals surface area contributed by atoms with Crippen molar-refractivity contribution >= 4 is 21.4 Å². The minimum Gasteiger partial charge on any atom is -0.376 e. The van der Waals surface area contributed by atoms with E-state index < -0.39 is 21.5 Å². The first kappa shape index (κ1) is 19.1. The van der Waals surface area contributed by atoms with Gasteiger partial charge < -0.3 is 10.2 Å². The highest BCUT2D eigenvalue weighted by Gasteiger charge is 2.38. The summed E-state index contributed by atoms with van der Waals surface area (Å²) in [6.45, 7) is -0.115. The maximum absolute atomic E-state index is 13.3. The number of nitrogens with one attached hydrogen (secondary N) is 1. The second-order valence-electron chi connectivity index (χ2n) is 7.16. The number of sulfone groups is 1. The lowest BCUT2D eigenvalue weighted by Gasteiger charge is -2.38. The first-order chi connectivity index (χ1) is 12.3. The fraction of sp³-hybridized carbons (Fsp3) is 0.611. The quantitative estimate of drug-likeness (QED) is 0.845. The Kier molecular flexibility index (Phi) is 5.79. The summed E-state index contributed by atoms with van der Waals surface area (Å²) in [6, 6.07) is 2.76. The number of anilines is 1. The number of benzene rings is 1. The Balaban J connectivity index is 1.71. The zero-order chi connectivity index (χ0) is 18.7. The van der Waals surface area contributed by atoms with Gasteiger partial charge >= 0.3 is 0 Å². The molecule has 1 aliphatic heterocycles. The molecular weight excluding hydrogens is 362 g/mol. The molecule has 0 spiro atoms. The van der Waals surface area contributed by atoms with Crippen molar-refractivity contribution in [2.75, 3.05) is 23.4 Å². The number of amides is 1. The van der Waals surface area contributed by atoms with Crippen molar-refractivity contribution in [2.45, 2.75) is 50.6 Å². The standard InChI is InChI=1S/C18H24F2N2O3S/c19-13-8-14(20)10-15(9-13)21-11-18(23)22(16-4-2-1-3-5-16)17-6-7-26(24,25)12-17/h8-10,16-17,21H,1-7,11-12H2. The second-order valence-corrected chi connectivity index (χ2v) is 9.39. The average molecular weight is 386 g/mol. The number of carbonyl (C=O) groups is 1. The summed E-state index contributed by atoms with van der Waals surface area (Å²) in [5, 5.41) is 2.77. The van der Waals surface area contributed by atoms with E-state index in [1.165, 1.54) is 0 Å². The Hall–Kier alpha value is -1.70.